The van der Waals surface area contributed by atoms with Gasteiger partial charge in [-0.3, -0.25) is 0 Å². The molecule has 4 rings (SSSR count). The molecule has 0 saturated carbocycles. The summed E-state index contributed by atoms with van der Waals surface area (Å²) in [5, 5.41) is 0.506. The molecule has 2 radical (unpaired) electrons. The van der Waals surface area contributed by atoms with Gasteiger partial charge in [0.1, 0.15) is 0 Å². The van der Waals surface area contributed by atoms with Crippen molar-refractivity contribution in [3.8, 4) is 0 Å². The van der Waals surface area contributed by atoms with E-state index in [1.807, 2.05) is 4.90 Å². The van der Waals surface area contributed by atoms with Crippen molar-refractivity contribution in [1.82, 2.24) is 0 Å². The molecule has 2 aliphatic rings. The zero-order valence-electron chi connectivity index (χ0n) is 17.3. The second-order valence-electron chi connectivity index (χ2n) is 8.46. The van der Waals surface area contributed by atoms with Crippen LogP contribution in [0.2, 0.25) is 0 Å². The molecule has 0 spiro atoms. The van der Waals surface area contributed by atoms with Gasteiger partial charge in [0, 0.05) is 0 Å². The van der Waals surface area contributed by atoms with E-state index in [0.717, 1.165) is 21.9 Å². The fourth-order valence-electron chi connectivity index (χ4n) is 3.52. The molecule has 160 valence electrons. The van der Waals surface area contributed by atoms with Crippen LogP contribution in [0.15, 0.2) is 68.7 Å². The van der Waals surface area contributed by atoms with Crippen molar-refractivity contribution in [3.05, 3.63) is 75.4 Å². The molecule has 2 heterocycles. The molecule has 0 saturated heterocycles. The van der Waals surface area contributed by atoms with Crippen molar-refractivity contribution in [2.24, 2.45) is 9.98 Å². The Morgan fingerprint density at radius 1 is 1.03 bits per heavy atom. The van der Waals surface area contributed by atoms with Crippen LogP contribution >= 0.6 is 11.8 Å². The predicted molar refractivity (Wildman–Crippen MR) is 123 cm³/mol. The molecule has 0 aromatic heterocycles. The molecule has 2 aromatic rings. The van der Waals surface area contributed by atoms with Crippen LogP contribution in [0.1, 0.15) is 37.5 Å². The molecule has 0 fully saturated rings. The van der Waals surface area contributed by atoms with Gasteiger partial charge in [0.15, 0.2) is 0 Å². The zero-order valence-corrected chi connectivity index (χ0v) is 20.0. The second kappa shape index (κ2) is 8.18. The molecule has 0 N–H and O–H groups in total. The summed E-state index contributed by atoms with van der Waals surface area (Å²) in [6.07, 6.45) is -2.48. The van der Waals surface area contributed by atoms with E-state index in [1.54, 1.807) is 12.4 Å². The van der Waals surface area contributed by atoms with Crippen LogP contribution in [0.4, 0.5) is 18.9 Å². The summed E-state index contributed by atoms with van der Waals surface area (Å²) in [5.41, 5.74) is 2.65. The fourth-order valence-corrected chi connectivity index (χ4v) is 5.40. The Morgan fingerprint density at radius 3 is 2.35 bits per heavy atom. The molecule has 1 unspecified atom stereocenters. The third-order valence-electron chi connectivity index (χ3n) is 5.21. The van der Waals surface area contributed by atoms with Crippen LogP contribution in [0.5, 0.6) is 0 Å². The fraction of sp³-hybridized carbons (Fsp3) is 0.304. The average molecular weight is 503 g/mol. The van der Waals surface area contributed by atoms with Crippen LogP contribution < -0.4 is 4.90 Å². The van der Waals surface area contributed by atoms with E-state index < -0.39 is 11.7 Å². The number of alkyl halides is 3. The third-order valence-corrected chi connectivity index (χ3v) is 7.11. The molecule has 0 aliphatic carbocycles. The molecule has 1 atom stereocenters. The standard InChI is InChI=1S/C23H21AsF3N3S/c1-22(2,3)15-8-10-16(11-9-15)30-13-28-20(24)19-21(30)31-18(29-19)12-14-6-4-5-7-17(14)23(25,26)27/h4-11,13,21H,12H2,1-3H3. The predicted octanol–water partition coefficient (Wildman–Crippen LogP) is 5.90. The maximum atomic E-state index is 13.4. The summed E-state index contributed by atoms with van der Waals surface area (Å²) < 4.78 is 40.9. The van der Waals surface area contributed by atoms with Gasteiger partial charge in [-0.2, -0.15) is 0 Å². The van der Waals surface area contributed by atoms with Gasteiger partial charge >= 0.3 is 193 Å². The van der Waals surface area contributed by atoms with E-state index >= 15 is 0 Å². The van der Waals surface area contributed by atoms with Crippen molar-refractivity contribution >= 4 is 45.7 Å². The SMILES string of the molecule is CC(C)(C)c1ccc(N2C=NC([As])=C3N=C(Cc4ccccc4C(F)(F)F)SC32)cc1. The number of anilines is 1. The van der Waals surface area contributed by atoms with Gasteiger partial charge in [0.25, 0.3) is 0 Å². The number of hydrogen-bond donors (Lipinski definition) is 0. The van der Waals surface area contributed by atoms with Crippen molar-refractivity contribution in [2.75, 3.05) is 4.90 Å². The van der Waals surface area contributed by atoms with Crippen molar-refractivity contribution in [3.63, 3.8) is 0 Å². The summed E-state index contributed by atoms with van der Waals surface area (Å²) in [6.45, 7) is 6.49. The molecule has 3 nitrogen and oxygen atoms in total. The number of rotatable bonds is 3. The maximum absolute atomic E-state index is 13.4. The van der Waals surface area contributed by atoms with Crippen LogP contribution in [0.3, 0.4) is 0 Å². The van der Waals surface area contributed by atoms with Gasteiger partial charge < -0.3 is 0 Å². The number of thioether (sulfide) groups is 1. The first kappa shape index (κ1) is 22.2. The quantitative estimate of drug-likeness (QED) is 0.488. The van der Waals surface area contributed by atoms with E-state index in [-0.39, 0.29) is 22.8 Å². The van der Waals surface area contributed by atoms with Crippen LogP contribution in [-0.4, -0.2) is 33.6 Å². The number of aliphatic imine (C=N–C) groups is 2. The Labute approximate surface area is 193 Å². The van der Waals surface area contributed by atoms with Gasteiger partial charge in [0.05, 0.1) is 0 Å². The number of benzene rings is 2. The molecule has 31 heavy (non-hydrogen) atoms. The summed E-state index contributed by atoms with van der Waals surface area (Å²) in [6, 6.07) is 14.0. The minimum absolute atomic E-state index is 0.0535. The number of halogens is 3. The molecular formula is C23H21AsF3N3S. The molecule has 0 amide bonds. The van der Waals surface area contributed by atoms with Crippen LogP contribution in [-0.2, 0) is 18.0 Å². The van der Waals surface area contributed by atoms with Gasteiger partial charge in [-0.05, 0) is 0 Å². The van der Waals surface area contributed by atoms with E-state index in [2.05, 4.69) is 71.9 Å². The topological polar surface area (TPSA) is 28.0 Å². The summed E-state index contributed by atoms with van der Waals surface area (Å²) in [5.74, 6) is 0. The Hall–Kier alpha value is -1.98. The Morgan fingerprint density at radius 2 is 1.71 bits per heavy atom. The van der Waals surface area contributed by atoms with E-state index in [1.165, 1.54) is 29.5 Å². The summed E-state index contributed by atoms with van der Waals surface area (Å²) in [7, 11) is 0. The Balaban J connectivity index is 1.59. The van der Waals surface area contributed by atoms with Crippen LogP contribution in [0.25, 0.3) is 0 Å². The Bertz CT molecular complexity index is 1080. The minimum atomic E-state index is -4.39. The van der Waals surface area contributed by atoms with Gasteiger partial charge in [-0.15, -0.1) is 0 Å². The number of hydrogen-bond acceptors (Lipinski definition) is 4. The van der Waals surface area contributed by atoms with E-state index in [9.17, 15) is 13.2 Å². The van der Waals surface area contributed by atoms with E-state index in [0.29, 0.717) is 5.04 Å². The van der Waals surface area contributed by atoms with Gasteiger partial charge in [0.2, 0.25) is 0 Å². The second-order valence-corrected chi connectivity index (χ2v) is 10.5. The monoisotopic (exact) mass is 503 g/mol. The average Bonchev–Trinajstić information content (AvgIpc) is 3.12. The zero-order chi connectivity index (χ0) is 22.4. The van der Waals surface area contributed by atoms with Crippen molar-refractivity contribution in [2.45, 2.75) is 44.2 Å². The Kier molecular flexibility index (Phi) is 5.86. The normalized spacial score (nSPS) is 19.0. The summed E-state index contributed by atoms with van der Waals surface area (Å²) >= 11 is 3.88. The van der Waals surface area contributed by atoms with Crippen molar-refractivity contribution in [1.29, 1.82) is 0 Å². The first-order valence-corrected chi connectivity index (χ1v) is 11.6. The first-order valence-electron chi connectivity index (χ1n) is 9.79. The number of nitrogens with zero attached hydrogens (tertiary/aromatic N) is 3. The molecule has 2 aromatic carbocycles. The van der Waals surface area contributed by atoms with E-state index in [4.69, 9.17) is 0 Å². The molecule has 2 aliphatic heterocycles. The van der Waals surface area contributed by atoms with Gasteiger partial charge in [-0.25, -0.2) is 0 Å². The molecule has 0 bridgehead atoms. The number of fused-ring (bicyclic) bond motifs is 1. The van der Waals surface area contributed by atoms with Gasteiger partial charge in [-0.1, -0.05) is 0 Å². The first-order chi connectivity index (χ1) is 14.5. The van der Waals surface area contributed by atoms with Crippen molar-refractivity contribution < 1.29 is 13.2 Å². The third kappa shape index (κ3) is 4.63. The molecular weight excluding hydrogens is 482 g/mol. The van der Waals surface area contributed by atoms with Crippen LogP contribution in [0, 0.1) is 0 Å². The summed E-state index contributed by atoms with van der Waals surface area (Å²) in [4.78, 5) is 11.1. The molecule has 8 heteroatoms.